The lowest BCUT2D eigenvalue weighted by Crippen LogP contribution is -2.39. The van der Waals surface area contributed by atoms with Crippen LogP contribution in [0.2, 0.25) is 0 Å². The summed E-state index contributed by atoms with van der Waals surface area (Å²) in [5.74, 6) is 0. The Balaban J connectivity index is 1.91. The molecule has 1 fully saturated rings. The van der Waals surface area contributed by atoms with E-state index in [-0.39, 0.29) is 6.09 Å². The number of likely N-dealkylation sites (N-methyl/N-ethyl adjacent to an activating group) is 1. The molecule has 21 heavy (non-hydrogen) atoms. The van der Waals surface area contributed by atoms with Crippen LogP contribution >= 0.6 is 11.3 Å². The van der Waals surface area contributed by atoms with Crippen molar-refractivity contribution in [3.8, 4) is 0 Å². The average Bonchev–Trinajstić information content (AvgIpc) is 3.06. The largest absolute Gasteiger partial charge is 0.444 e. The van der Waals surface area contributed by atoms with Gasteiger partial charge in [-0.2, -0.15) is 0 Å². The quantitative estimate of drug-likeness (QED) is 0.852. The summed E-state index contributed by atoms with van der Waals surface area (Å²) in [5.41, 5.74) is -0.425. The first kappa shape index (κ1) is 16.3. The summed E-state index contributed by atoms with van der Waals surface area (Å²) >= 11 is 1.79. The minimum Gasteiger partial charge on any atom is -0.444 e. The number of rotatable bonds is 3. The van der Waals surface area contributed by atoms with Crippen molar-refractivity contribution in [2.45, 2.75) is 51.8 Å². The predicted molar refractivity (Wildman–Crippen MR) is 86.7 cm³/mol. The molecular weight excluding hydrogens is 284 g/mol. The van der Waals surface area contributed by atoms with E-state index in [1.165, 1.54) is 4.88 Å². The molecule has 1 amide bonds. The number of hydrogen-bond acceptors (Lipinski definition) is 4. The Bertz CT molecular complexity index is 467. The molecule has 0 aromatic carbocycles. The fourth-order valence-electron chi connectivity index (χ4n) is 2.61. The standard InChI is InChI=1S/C16H26N2O2S/c1-12(14-7-6-10-21-14)17(5)13-8-9-18(11-13)15(19)20-16(2,3)4/h6-7,10,12-13H,8-9,11H2,1-5H3. The van der Waals surface area contributed by atoms with Crippen molar-refractivity contribution in [2.75, 3.05) is 20.1 Å². The first-order chi connectivity index (χ1) is 9.78. The van der Waals surface area contributed by atoms with E-state index in [0.717, 1.165) is 19.5 Å². The third kappa shape index (κ3) is 4.20. The Hall–Kier alpha value is -1.07. The molecule has 1 saturated heterocycles. The second-order valence-corrected chi connectivity index (χ2v) is 7.70. The molecule has 2 rings (SSSR count). The van der Waals surface area contributed by atoms with E-state index in [1.54, 1.807) is 11.3 Å². The van der Waals surface area contributed by atoms with Gasteiger partial charge in [0.05, 0.1) is 0 Å². The zero-order valence-electron chi connectivity index (χ0n) is 13.6. The van der Waals surface area contributed by atoms with Crippen LogP contribution in [0, 0.1) is 0 Å². The molecule has 2 atom stereocenters. The summed E-state index contributed by atoms with van der Waals surface area (Å²) in [5, 5.41) is 2.11. The van der Waals surface area contributed by atoms with Crippen LogP contribution in [0.4, 0.5) is 4.79 Å². The van der Waals surface area contributed by atoms with E-state index in [9.17, 15) is 4.79 Å². The van der Waals surface area contributed by atoms with Gasteiger partial charge in [-0.25, -0.2) is 4.79 Å². The summed E-state index contributed by atoms with van der Waals surface area (Å²) in [4.78, 5) is 17.7. The van der Waals surface area contributed by atoms with Gasteiger partial charge in [-0.3, -0.25) is 4.90 Å². The number of ether oxygens (including phenoxy) is 1. The molecule has 5 heteroatoms. The zero-order valence-corrected chi connectivity index (χ0v) is 14.4. The second-order valence-electron chi connectivity index (χ2n) is 6.73. The molecule has 0 spiro atoms. The summed E-state index contributed by atoms with van der Waals surface area (Å²) < 4.78 is 5.45. The predicted octanol–water partition coefficient (Wildman–Crippen LogP) is 3.75. The molecule has 4 nitrogen and oxygen atoms in total. The third-order valence-electron chi connectivity index (χ3n) is 3.96. The molecule has 2 heterocycles. The fraction of sp³-hybridized carbons (Fsp3) is 0.688. The van der Waals surface area contributed by atoms with Crippen molar-refractivity contribution < 1.29 is 9.53 Å². The maximum atomic E-state index is 12.1. The Morgan fingerprint density at radius 3 is 2.81 bits per heavy atom. The molecule has 1 aromatic rings. The molecular formula is C16H26N2O2S. The highest BCUT2D eigenvalue weighted by Crippen LogP contribution is 2.28. The van der Waals surface area contributed by atoms with Gasteiger partial charge in [-0.15, -0.1) is 11.3 Å². The zero-order chi connectivity index (χ0) is 15.6. The van der Waals surface area contributed by atoms with E-state index in [4.69, 9.17) is 4.74 Å². The molecule has 1 aliphatic rings. The van der Waals surface area contributed by atoms with Gasteiger partial charge >= 0.3 is 6.09 Å². The van der Waals surface area contributed by atoms with E-state index >= 15 is 0 Å². The Morgan fingerprint density at radius 1 is 1.52 bits per heavy atom. The van der Waals surface area contributed by atoms with Crippen LogP contribution in [-0.2, 0) is 4.74 Å². The number of thiophene rings is 1. The van der Waals surface area contributed by atoms with Gasteiger partial charge < -0.3 is 9.64 Å². The minimum atomic E-state index is -0.425. The third-order valence-corrected chi connectivity index (χ3v) is 5.00. The van der Waals surface area contributed by atoms with Gasteiger partial charge in [0.25, 0.3) is 0 Å². The normalized spacial score (nSPS) is 20.9. The van der Waals surface area contributed by atoms with Crippen molar-refractivity contribution >= 4 is 17.4 Å². The molecule has 0 aliphatic carbocycles. The molecule has 0 saturated carbocycles. The van der Waals surface area contributed by atoms with Crippen molar-refractivity contribution in [3.63, 3.8) is 0 Å². The summed E-state index contributed by atoms with van der Waals surface area (Å²) in [7, 11) is 2.15. The molecule has 0 radical (unpaired) electrons. The van der Waals surface area contributed by atoms with Crippen LogP contribution in [0.25, 0.3) is 0 Å². The highest BCUT2D eigenvalue weighted by Gasteiger charge is 2.33. The van der Waals surface area contributed by atoms with E-state index in [2.05, 4.69) is 36.4 Å². The van der Waals surface area contributed by atoms with Crippen LogP contribution in [0.1, 0.15) is 45.0 Å². The van der Waals surface area contributed by atoms with Gasteiger partial charge in [0, 0.05) is 30.1 Å². The first-order valence-electron chi connectivity index (χ1n) is 7.51. The number of hydrogen-bond donors (Lipinski definition) is 0. The molecule has 118 valence electrons. The van der Waals surface area contributed by atoms with Crippen LogP contribution in [0.3, 0.4) is 0 Å². The smallest absolute Gasteiger partial charge is 0.410 e. The minimum absolute atomic E-state index is 0.192. The van der Waals surface area contributed by atoms with Gasteiger partial charge in [-0.1, -0.05) is 6.07 Å². The Labute approximate surface area is 131 Å². The van der Waals surface area contributed by atoms with Gasteiger partial charge in [0.2, 0.25) is 0 Å². The molecule has 1 aliphatic heterocycles. The van der Waals surface area contributed by atoms with E-state index < -0.39 is 5.60 Å². The monoisotopic (exact) mass is 310 g/mol. The summed E-state index contributed by atoms with van der Waals surface area (Å²) in [6.45, 7) is 9.47. The number of carbonyl (C=O) groups is 1. The topological polar surface area (TPSA) is 32.8 Å². The average molecular weight is 310 g/mol. The van der Waals surface area contributed by atoms with Crippen LogP contribution in [0.5, 0.6) is 0 Å². The van der Waals surface area contributed by atoms with Crippen molar-refractivity contribution in [3.05, 3.63) is 22.4 Å². The molecule has 2 unspecified atom stereocenters. The number of nitrogens with zero attached hydrogens (tertiary/aromatic N) is 2. The van der Waals surface area contributed by atoms with Crippen LogP contribution < -0.4 is 0 Å². The van der Waals surface area contributed by atoms with Crippen molar-refractivity contribution in [1.82, 2.24) is 9.80 Å². The maximum Gasteiger partial charge on any atom is 0.410 e. The lowest BCUT2D eigenvalue weighted by atomic mass is 10.1. The lowest BCUT2D eigenvalue weighted by Gasteiger charge is -2.30. The first-order valence-corrected chi connectivity index (χ1v) is 8.39. The SMILES string of the molecule is CC(c1cccs1)N(C)C1CCN(C(=O)OC(C)(C)C)C1. The van der Waals surface area contributed by atoms with Gasteiger partial charge in [-0.05, 0) is 52.6 Å². The lowest BCUT2D eigenvalue weighted by molar-refractivity contribution is 0.0278. The van der Waals surface area contributed by atoms with Crippen LogP contribution in [0.15, 0.2) is 17.5 Å². The van der Waals surface area contributed by atoms with Gasteiger partial charge in [0.15, 0.2) is 0 Å². The van der Waals surface area contributed by atoms with E-state index in [1.807, 2.05) is 25.7 Å². The van der Waals surface area contributed by atoms with Crippen molar-refractivity contribution in [2.24, 2.45) is 0 Å². The highest BCUT2D eigenvalue weighted by atomic mass is 32.1. The fourth-order valence-corrected chi connectivity index (χ4v) is 3.45. The number of likely N-dealkylation sites (tertiary alicyclic amines) is 1. The van der Waals surface area contributed by atoms with Crippen molar-refractivity contribution in [1.29, 1.82) is 0 Å². The second kappa shape index (κ2) is 6.36. The Kier molecular flexibility index (Phi) is 4.94. The molecule has 1 aromatic heterocycles. The Morgan fingerprint density at radius 2 is 2.24 bits per heavy atom. The van der Waals surface area contributed by atoms with E-state index in [0.29, 0.717) is 12.1 Å². The number of amides is 1. The summed E-state index contributed by atoms with van der Waals surface area (Å²) in [6, 6.07) is 5.04. The van der Waals surface area contributed by atoms with Crippen LogP contribution in [-0.4, -0.2) is 47.7 Å². The number of carbonyl (C=O) groups excluding carboxylic acids is 1. The maximum absolute atomic E-state index is 12.1. The molecule has 0 bridgehead atoms. The summed E-state index contributed by atoms with van der Waals surface area (Å²) in [6.07, 6.45) is 0.813. The van der Waals surface area contributed by atoms with Gasteiger partial charge in [0.1, 0.15) is 5.60 Å². The highest BCUT2D eigenvalue weighted by molar-refractivity contribution is 7.10. The molecule has 0 N–H and O–H groups in total.